The number of carbonyl (C=O) groups excluding carboxylic acids is 2. The molecule has 0 atom stereocenters. The van der Waals surface area contributed by atoms with Crippen molar-refractivity contribution >= 4 is 17.8 Å². The molecule has 2 fully saturated rings. The summed E-state index contributed by atoms with van der Waals surface area (Å²) in [6, 6.07) is 0.399. The maximum absolute atomic E-state index is 11.8. The fourth-order valence-corrected chi connectivity index (χ4v) is 2.93. The predicted octanol–water partition coefficient (Wildman–Crippen LogP) is 0.347. The lowest BCUT2D eigenvalue weighted by Gasteiger charge is -2.42. The molecule has 0 aromatic heterocycles. The number of carbonyl (C=O) groups is 3. The maximum Gasteiger partial charge on any atom is 0.317 e. The summed E-state index contributed by atoms with van der Waals surface area (Å²) in [5.74, 6) is -0.476. The molecular formula is C16H27N3O4. The number of rotatable bonds is 10. The number of hydrogen-bond acceptors (Lipinski definition) is 4. The number of aliphatic carboxylic acids is 1. The number of nitrogens with zero attached hydrogens (tertiary/aromatic N) is 1. The zero-order chi connectivity index (χ0) is 16.8. The fraction of sp³-hybridized carbons (Fsp3) is 0.812. The quantitative estimate of drug-likeness (QED) is 0.503. The Morgan fingerprint density at radius 2 is 1.91 bits per heavy atom. The van der Waals surface area contributed by atoms with Crippen molar-refractivity contribution in [2.24, 2.45) is 5.92 Å². The van der Waals surface area contributed by atoms with Crippen LogP contribution in [0.2, 0.25) is 0 Å². The Hall–Kier alpha value is -1.63. The van der Waals surface area contributed by atoms with Gasteiger partial charge < -0.3 is 15.7 Å². The maximum atomic E-state index is 11.8. The van der Waals surface area contributed by atoms with Gasteiger partial charge in [-0.25, -0.2) is 0 Å². The third-order valence-electron chi connectivity index (χ3n) is 4.57. The van der Waals surface area contributed by atoms with Gasteiger partial charge in [0.2, 0.25) is 11.8 Å². The first-order valence-corrected chi connectivity index (χ1v) is 8.52. The van der Waals surface area contributed by atoms with E-state index in [1.165, 1.54) is 0 Å². The molecule has 0 heterocycles. The van der Waals surface area contributed by atoms with Crippen LogP contribution in [0.5, 0.6) is 0 Å². The molecule has 2 aliphatic carbocycles. The van der Waals surface area contributed by atoms with Gasteiger partial charge in [0.1, 0.15) is 0 Å². The van der Waals surface area contributed by atoms with Crippen LogP contribution in [0.15, 0.2) is 0 Å². The fourth-order valence-electron chi connectivity index (χ4n) is 2.93. The third-order valence-corrected chi connectivity index (χ3v) is 4.57. The first-order valence-electron chi connectivity index (χ1n) is 8.52. The Labute approximate surface area is 136 Å². The van der Waals surface area contributed by atoms with Crippen LogP contribution in [0.3, 0.4) is 0 Å². The molecule has 0 unspecified atom stereocenters. The zero-order valence-corrected chi connectivity index (χ0v) is 13.7. The minimum Gasteiger partial charge on any atom is -0.480 e. The predicted molar refractivity (Wildman–Crippen MR) is 84.8 cm³/mol. The highest BCUT2D eigenvalue weighted by Gasteiger charge is 2.34. The topological polar surface area (TPSA) is 98.7 Å². The van der Waals surface area contributed by atoms with E-state index in [0.29, 0.717) is 25.9 Å². The summed E-state index contributed by atoms with van der Waals surface area (Å²) in [7, 11) is 0. The molecule has 23 heavy (non-hydrogen) atoms. The van der Waals surface area contributed by atoms with E-state index >= 15 is 0 Å². The highest BCUT2D eigenvalue weighted by Crippen LogP contribution is 2.28. The minimum atomic E-state index is -0.812. The molecule has 2 rings (SSSR count). The number of nitrogens with one attached hydrogen (secondary N) is 2. The normalized spacial score (nSPS) is 23.2. The number of carboxylic acid groups (broad SMARTS) is 1. The Balaban J connectivity index is 1.53. The number of carboxylic acids is 1. The molecule has 3 N–H and O–H groups in total. The van der Waals surface area contributed by atoms with Crippen LogP contribution in [0.25, 0.3) is 0 Å². The van der Waals surface area contributed by atoms with Gasteiger partial charge in [0.05, 0.1) is 6.54 Å². The van der Waals surface area contributed by atoms with Crippen LogP contribution in [0.4, 0.5) is 0 Å². The van der Waals surface area contributed by atoms with Crippen molar-refractivity contribution in [3.05, 3.63) is 0 Å². The van der Waals surface area contributed by atoms with Crippen molar-refractivity contribution in [2.45, 2.75) is 57.5 Å². The van der Waals surface area contributed by atoms with E-state index in [1.807, 2.05) is 11.8 Å². The molecule has 0 aromatic rings. The Morgan fingerprint density at radius 3 is 2.48 bits per heavy atom. The average Bonchev–Trinajstić information content (AvgIpc) is 3.29. The lowest BCUT2D eigenvalue weighted by atomic mass is 9.85. The van der Waals surface area contributed by atoms with E-state index in [4.69, 9.17) is 5.11 Å². The van der Waals surface area contributed by atoms with Gasteiger partial charge in [-0.15, -0.1) is 0 Å². The van der Waals surface area contributed by atoms with Crippen molar-refractivity contribution in [1.82, 2.24) is 15.5 Å². The highest BCUT2D eigenvalue weighted by molar-refractivity contribution is 5.81. The average molecular weight is 325 g/mol. The first-order chi connectivity index (χ1) is 11.0. The molecular weight excluding hydrogens is 298 g/mol. The monoisotopic (exact) mass is 325 g/mol. The van der Waals surface area contributed by atoms with E-state index in [-0.39, 0.29) is 36.4 Å². The van der Waals surface area contributed by atoms with E-state index in [0.717, 1.165) is 25.7 Å². The van der Waals surface area contributed by atoms with Crippen molar-refractivity contribution in [2.75, 3.05) is 19.6 Å². The summed E-state index contributed by atoms with van der Waals surface area (Å²) in [5, 5.41) is 14.7. The molecule has 7 nitrogen and oxygen atoms in total. The van der Waals surface area contributed by atoms with Crippen molar-refractivity contribution in [1.29, 1.82) is 0 Å². The summed E-state index contributed by atoms with van der Waals surface area (Å²) >= 11 is 0. The van der Waals surface area contributed by atoms with Crippen LogP contribution < -0.4 is 10.6 Å². The molecule has 0 spiro atoms. The van der Waals surface area contributed by atoms with Crippen LogP contribution in [0, 0.1) is 5.92 Å². The number of hydrogen-bond donors (Lipinski definition) is 3. The second-order valence-corrected chi connectivity index (χ2v) is 6.52. The molecule has 0 aromatic carbocycles. The Morgan fingerprint density at radius 1 is 1.22 bits per heavy atom. The minimum absolute atomic E-state index is 0.00963. The van der Waals surface area contributed by atoms with Gasteiger partial charge in [-0.3, -0.25) is 19.3 Å². The van der Waals surface area contributed by atoms with Crippen LogP contribution >= 0.6 is 0 Å². The van der Waals surface area contributed by atoms with Gasteiger partial charge in [-0.1, -0.05) is 6.92 Å². The molecule has 2 amide bonds. The lowest BCUT2D eigenvalue weighted by Crippen LogP contribution is -2.54. The Bertz CT molecular complexity index is 445. The van der Waals surface area contributed by atoms with Gasteiger partial charge in [-0.05, 0) is 38.6 Å². The standard InChI is InChI=1S/C16H27N3O4/c1-2-19(10-15(21)22)13-8-12(9-13)18-14(20)4-3-7-17-16(23)11-5-6-11/h11-13H,2-10H2,1H3,(H,17,23)(H,18,20)(H,21,22). The Kier molecular flexibility index (Phi) is 6.38. The van der Waals surface area contributed by atoms with Crippen LogP contribution in [0.1, 0.15) is 45.4 Å². The van der Waals surface area contributed by atoms with Gasteiger partial charge >= 0.3 is 5.97 Å². The summed E-state index contributed by atoms with van der Waals surface area (Å²) in [4.78, 5) is 36.0. The van der Waals surface area contributed by atoms with Gasteiger partial charge in [-0.2, -0.15) is 0 Å². The molecule has 0 aliphatic heterocycles. The first kappa shape index (κ1) is 17.7. The smallest absolute Gasteiger partial charge is 0.317 e. The SMILES string of the molecule is CCN(CC(=O)O)C1CC(NC(=O)CCCNC(=O)C2CC2)C1. The molecule has 130 valence electrons. The third kappa shape index (κ3) is 5.82. The van der Waals surface area contributed by atoms with Crippen LogP contribution in [-0.4, -0.2) is 59.5 Å². The molecule has 7 heteroatoms. The van der Waals surface area contributed by atoms with E-state index in [2.05, 4.69) is 10.6 Å². The molecule has 0 radical (unpaired) electrons. The highest BCUT2D eigenvalue weighted by atomic mass is 16.4. The zero-order valence-electron chi connectivity index (χ0n) is 13.7. The summed E-state index contributed by atoms with van der Waals surface area (Å²) in [6.07, 6.45) is 4.67. The molecule has 2 aliphatic rings. The van der Waals surface area contributed by atoms with Crippen molar-refractivity contribution in [3.8, 4) is 0 Å². The van der Waals surface area contributed by atoms with Crippen molar-refractivity contribution in [3.63, 3.8) is 0 Å². The second-order valence-electron chi connectivity index (χ2n) is 6.52. The summed E-state index contributed by atoms with van der Waals surface area (Å²) in [6.45, 7) is 3.27. The number of likely N-dealkylation sites (N-methyl/N-ethyl adjacent to an activating group) is 1. The van der Waals surface area contributed by atoms with E-state index < -0.39 is 5.97 Å². The molecule has 2 saturated carbocycles. The van der Waals surface area contributed by atoms with Crippen molar-refractivity contribution < 1.29 is 19.5 Å². The largest absolute Gasteiger partial charge is 0.480 e. The van der Waals surface area contributed by atoms with E-state index in [1.54, 1.807) is 0 Å². The molecule has 0 saturated heterocycles. The molecule has 0 bridgehead atoms. The van der Waals surface area contributed by atoms with Gasteiger partial charge in [0, 0.05) is 31.0 Å². The van der Waals surface area contributed by atoms with Crippen LogP contribution in [-0.2, 0) is 14.4 Å². The van der Waals surface area contributed by atoms with Gasteiger partial charge in [0.25, 0.3) is 0 Å². The lowest BCUT2D eigenvalue weighted by molar-refractivity contribution is -0.139. The second kappa shape index (κ2) is 8.29. The summed E-state index contributed by atoms with van der Waals surface area (Å²) < 4.78 is 0. The van der Waals surface area contributed by atoms with E-state index in [9.17, 15) is 14.4 Å². The summed E-state index contributed by atoms with van der Waals surface area (Å²) in [5.41, 5.74) is 0. The van der Waals surface area contributed by atoms with Gasteiger partial charge in [0.15, 0.2) is 0 Å². The number of amides is 2.